The predicted octanol–water partition coefficient (Wildman–Crippen LogP) is 7.23. The Labute approximate surface area is 241 Å². The zero-order valence-electron chi connectivity index (χ0n) is 24.3. The SMILES string of the molecule is CC1CCC(CC(=O)c2cc3nc(Cc4cc(CNC(=O)C(C)(C)C)ccc4Cl)n(C)c3cc2OCCF)CC1. The molecule has 0 atom stereocenters. The number of halogens is 2. The molecule has 1 N–H and O–H groups in total. The second-order valence-corrected chi connectivity index (χ2v) is 12.7. The zero-order valence-corrected chi connectivity index (χ0v) is 25.0. The highest BCUT2D eigenvalue weighted by Gasteiger charge is 2.25. The van der Waals surface area contributed by atoms with Gasteiger partial charge in [0.2, 0.25) is 5.91 Å². The second-order valence-electron chi connectivity index (χ2n) is 12.2. The molecule has 8 heteroatoms. The third kappa shape index (κ3) is 7.22. The van der Waals surface area contributed by atoms with Gasteiger partial charge in [-0.3, -0.25) is 9.59 Å². The van der Waals surface area contributed by atoms with Crippen LogP contribution in [0.5, 0.6) is 5.75 Å². The number of alkyl halides is 1. The number of aromatic nitrogens is 2. The van der Waals surface area contributed by atoms with Gasteiger partial charge >= 0.3 is 0 Å². The van der Waals surface area contributed by atoms with Crippen LogP contribution in [0.3, 0.4) is 0 Å². The van der Waals surface area contributed by atoms with Gasteiger partial charge in [-0.15, -0.1) is 0 Å². The Kier molecular flexibility index (Phi) is 9.55. The van der Waals surface area contributed by atoms with Gasteiger partial charge in [0.05, 0.1) is 16.6 Å². The largest absolute Gasteiger partial charge is 0.490 e. The molecule has 0 aliphatic heterocycles. The molecule has 6 nitrogen and oxygen atoms in total. The van der Waals surface area contributed by atoms with E-state index in [-0.39, 0.29) is 18.3 Å². The Hall–Kier alpha value is -2.93. The number of carbonyl (C=O) groups is 2. The number of imidazole rings is 1. The maximum atomic E-state index is 13.4. The van der Waals surface area contributed by atoms with Crippen molar-refractivity contribution in [1.29, 1.82) is 0 Å². The summed E-state index contributed by atoms with van der Waals surface area (Å²) in [5.41, 5.74) is 3.33. The quantitative estimate of drug-likeness (QED) is 0.261. The molecule has 1 aliphatic rings. The maximum absolute atomic E-state index is 13.4. The van der Waals surface area contributed by atoms with Gasteiger partial charge in [0.25, 0.3) is 0 Å². The lowest BCUT2D eigenvalue weighted by atomic mass is 9.80. The highest BCUT2D eigenvalue weighted by molar-refractivity contribution is 6.31. The van der Waals surface area contributed by atoms with E-state index in [1.165, 1.54) is 0 Å². The highest BCUT2D eigenvalue weighted by Crippen LogP contribution is 2.34. The number of fused-ring (bicyclic) bond motifs is 1. The first-order chi connectivity index (χ1) is 19.0. The second kappa shape index (κ2) is 12.7. The number of aryl methyl sites for hydroxylation is 1. The minimum Gasteiger partial charge on any atom is -0.490 e. The van der Waals surface area contributed by atoms with E-state index in [9.17, 15) is 14.0 Å². The fourth-order valence-electron chi connectivity index (χ4n) is 5.31. The molecule has 1 aromatic heterocycles. The lowest BCUT2D eigenvalue weighted by Gasteiger charge is -2.25. The number of nitrogens with one attached hydrogen (secondary N) is 1. The van der Waals surface area contributed by atoms with E-state index in [4.69, 9.17) is 21.3 Å². The Bertz CT molecular complexity index is 1370. The van der Waals surface area contributed by atoms with Gasteiger partial charge in [-0.1, -0.05) is 64.3 Å². The maximum Gasteiger partial charge on any atom is 0.225 e. The van der Waals surface area contributed by atoms with Crippen molar-refractivity contribution in [2.75, 3.05) is 13.3 Å². The molecular formula is C32H41ClFN3O3. The molecule has 1 aliphatic carbocycles. The number of amides is 1. The number of benzene rings is 2. The fraction of sp³-hybridized carbons (Fsp3) is 0.531. The van der Waals surface area contributed by atoms with Crippen molar-refractivity contribution in [2.24, 2.45) is 24.3 Å². The third-order valence-corrected chi connectivity index (χ3v) is 8.28. The van der Waals surface area contributed by atoms with Crippen LogP contribution in [0.25, 0.3) is 11.0 Å². The van der Waals surface area contributed by atoms with Gasteiger partial charge in [-0.05, 0) is 47.9 Å². The first-order valence-corrected chi connectivity index (χ1v) is 14.6. The molecule has 0 spiro atoms. The number of hydrogen-bond donors (Lipinski definition) is 1. The Morgan fingerprint density at radius 3 is 2.55 bits per heavy atom. The Morgan fingerprint density at radius 1 is 1.15 bits per heavy atom. The van der Waals surface area contributed by atoms with Crippen molar-refractivity contribution < 1.29 is 18.7 Å². The van der Waals surface area contributed by atoms with E-state index in [1.807, 2.05) is 50.6 Å². The summed E-state index contributed by atoms with van der Waals surface area (Å²) in [6.07, 6.45) is 5.36. The van der Waals surface area contributed by atoms with Crippen LogP contribution in [-0.4, -0.2) is 34.5 Å². The number of ketones is 1. The number of hydrogen-bond acceptors (Lipinski definition) is 4. The molecule has 2 aromatic carbocycles. The van der Waals surface area contributed by atoms with E-state index in [2.05, 4.69) is 12.2 Å². The highest BCUT2D eigenvalue weighted by atomic mass is 35.5. The van der Waals surface area contributed by atoms with Crippen LogP contribution >= 0.6 is 11.6 Å². The summed E-state index contributed by atoms with van der Waals surface area (Å²) >= 11 is 6.56. The standard InChI is InChI=1S/C32H41ClFN3O3/c1-20-6-8-21(9-7-20)15-28(38)24-17-26-27(18-29(24)40-13-12-34)37(5)30(36-26)16-23-14-22(10-11-25(23)33)19-35-31(39)32(2,3)4/h10-11,14,17-18,20-21H,6-9,12-13,15-16,19H2,1-5H3,(H,35,39). The van der Waals surface area contributed by atoms with Crippen LogP contribution in [0.1, 0.15) is 87.1 Å². The van der Waals surface area contributed by atoms with E-state index < -0.39 is 12.1 Å². The van der Waals surface area contributed by atoms with Crippen molar-refractivity contribution in [3.05, 3.63) is 57.9 Å². The molecule has 216 valence electrons. The average Bonchev–Trinajstić information content (AvgIpc) is 3.21. The van der Waals surface area contributed by atoms with Gasteiger partial charge in [0, 0.05) is 42.9 Å². The molecule has 1 saturated carbocycles. The van der Waals surface area contributed by atoms with E-state index >= 15 is 0 Å². The number of Topliss-reactive ketones (excluding diaryl/α,β-unsaturated/α-hetero) is 1. The molecule has 3 aromatic rings. The Balaban J connectivity index is 1.59. The van der Waals surface area contributed by atoms with Crippen LogP contribution in [0.15, 0.2) is 30.3 Å². The number of nitrogens with zero attached hydrogens (tertiary/aromatic N) is 2. The van der Waals surface area contributed by atoms with Crippen molar-refractivity contribution in [3.8, 4) is 5.75 Å². The number of ether oxygens (including phenoxy) is 1. The van der Waals surface area contributed by atoms with Crippen LogP contribution < -0.4 is 10.1 Å². The zero-order chi connectivity index (χ0) is 29.0. The smallest absolute Gasteiger partial charge is 0.225 e. The Morgan fingerprint density at radius 2 is 1.88 bits per heavy atom. The summed E-state index contributed by atoms with van der Waals surface area (Å²) in [6.45, 7) is 7.57. The van der Waals surface area contributed by atoms with Crippen molar-refractivity contribution in [2.45, 2.75) is 72.8 Å². The van der Waals surface area contributed by atoms with Crippen molar-refractivity contribution >= 4 is 34.3 Å². The predicted molar refractivity (Wildman–Crippen MR) is 158 cm³/mol. The summed E-state index contributed by atoms with van der Waals surface area (Å²) in [6, 6.07) is 9.32. The molecule has 0 saturated heterocycles. The van der Waals surface area contributed by atoms with Gasteiger partial charge in [-0.25, -0.2) is 9.37 Å². The molecule has 4 rings (SSSR count). The molecule has 0 bridgehead atoms. The average molecular weight is 570 g/mol. The van der Waals surface area contributed by atoms with E-state index in [0.29, 0.717) is 47.2 Å². The van der Waals surface area contributed by atoms with Crippen LogP contribution in [-0.2, 0) is 24.8 Å². The van der Waals surface area contributed by atoms with E-state index in [0.717, 1.165) is 54.1 Å². The lowest BCUT2D eigenvalue weighted by Crippen LogP contribution is -2.34. The topological polar surface area (TPSA) is 73.2 Å². The van der Waals surface area contributed by atoms with Crippen molar-refractivity contribution in [1.82, 2.24) is 14.9 Å². The third-order valence-electron chi connectivity index (χ3n) is 7.91. The summed E-state index contributed by atoms with van der Waals surface area (Å²) in [4.78, 5) is 30.6. The van der Waals surface area contributed by atoms with Gasteiger partial charge in [-0.2, -0.15) is 0 Å². The molecule has 0 unspecified atom stereocenters. The summed E-state index contributed by atoms with van der Waals surface area (Å²) in [5, 5.41) is 3.59. The van der Waals surface area contributed by atoms with Crippen LogP contribution in [0.2, 0.25) is 5.02 Å². The first kappa shape index (κ1) is 30.0. The molecule has 1 fully saturated rings. The van der Waals surface area contributed by atoms with Crippen LogP contribution in [0.4, 0.5) is 4.39 Å². The lowest BCUT2D eigenvalue weighted by molar-refractivity contribution is -0.128. The van der Waals surface area contributed by atoms with Crippen molar-refractivity contribution in [3.63, 3.8) is 0 Å². The number of carbonyl (C=O) groups excluding carboxylic acids is 2. The van der Waals surface area contributed by atoms with Crippen LogP contribution in [0, 0.1) is 17.3 Å². The summed E-state index contributed by atoms with van der Waals surface area (Å²) in [5.74, 6) is 2.27. The molecule has 1 amide bonds. The molecule has 1 heterocycles. The minimum absolute atomic E-state index is 0.0199. The monoisotopic (exact) mass is 569 g/mol. The minimum atomic E-state index is -0.631. The molecule has 40 heavy (non-hydrogen) atoms. The first-order valence-electron chi connectivity index (χ1n) is 14.2. The molecule has 0 radical (unpaired) electrons. The summed E-state index contributed by atoms with van der Waals surface area (Å²) in [7, 11) is 1.91. The summed E-state index contributed by atoms with van der Waals surface area (Å²) < 4.78 is 20.7. The molecular weight excluding hydrogens is 529 g/mol. The van der Waals surface area contributed by atoms with Gasteiger partial charge < -0.3 is 14.6 Å². The fourth-order valence-corrected chi connectivity index (χ4v) is 5.49. The number of rotatable bonds is 10. The van der Waals surface area contributed by atoms with Gasteiger partial charge in [0.15, 0.2) is 5.78 Å². The van der Waals surface area contributed by atoms with Gasteiger partial charge in [0.1, 0.15) is 24.9 Å². The normalized spacial score (nSPS) is 17.7. The van der Waals surface area contributed by atoms with E-state index in [1.54, 1.807) is 12.1 Å².